The maximum atomic E-state index is 6.90. The summed E-state index contributed by atoms with van der Waals surface area (Å²) in [6.07, 6.45) is 0. The first-order chi connectivity index (χ1) is 5.90. The van der Waals surface area contributed by atoms with Gasteiger partial charge >= 0.3 is 0 Å². The van der Waals surface area contributed by atoms with E-state index in [1.165, 1.54) is 0 Å². The fourth-order valence-electron chi connectivity index (χ4n) is 0.607. The molecule has 0 radical (unpaired) electrons. The Morgan fingerprint density at radius 1 is 1.70 bits per heavy atom. The van der Waals surface area contributed by atoms with E-state index >= 15 is 0 Å². The highest BCUT2D eigenvalue weighted by Gasteiger charge is 2.00. The molecular formula is C7H8INO. The van der Waals surface area contributed by atoms with E-state index in [1.807, 2.05) is 22.6 Å². The van der Waals surface area contributed by atoms with Crippen molar-refractivity contribution >= 4 is 28.3 Å². The molecule has 1 rings (SSSR count). The molecule has 2 N–H and O–H groups in total. The third-order valence-corrected chi connectivity index (χ3v) is 2.26. The Balaban J connectivity index is 2.96. The number of rotatable bonds is 1. The van der Waals surface area contributed by atoms with Crippen LogP contribution in [0.1, 0.15) is 4.11 Å². The third-order valence-electron chi connectivity index (χ3n) is 1.10. The monoisotopic (exact) mass is 252 g/mol. The molecule has 0 saturated carbocycles. The molecule has 0 atom stereocenters. The summed E-state index contributed by atoms with van der Waals surface area (Å²) in [6.45, 7) is 0. The third kappa shape index (κ3) is 1.34. The molecule has 0 amide bonds. The molecule has 0 aliphatic rings. The van der Waals surface area contributed by atoms with E-state index in [0.29, 0.717) is 15.0 Å². The zero-order valence-corrected chi connectivity index (χ0v) is 7.25. The molecule has 10 heavy (non-hydrogen) atoms. The molecule has 1 aromatic carbocycles. The van der Waals surface area contributed by atoms with Gasteiger partial charge in [-0.25, -0.2) is 0 Å². The summed E-state index contributed by atoms with van der Waals surface area (Å²) in [7, 11) is -2.42. The van der Waals surface area contributed by atoms with Crippen LogP contribution in [0.3, 0.4) is 0 Å². The largest absolute Gasteiger partial charge is 0.496 e. The number of benzene rings is 1. The molecule has 0 bridgehead atoms. The van der Waals surface area contributed by atoms with Crippen LogP contribution in [0.2, 0.25) is 0 Å². The maximum Gasteiger partial charge on any atom is 0.134 e. The molecule has 0 unspecified atom stereocenters. The minimum atomic E-state index is -2.42. The molecule has 3 heteroatoms. The van der Waals surface area contributed by atoms with Crippen molar-refractivity contribution in [2.45, 2.75) is 0 Å². The minimum absolute atomic E-state index is 0.292. The summed E-state index contributed by atoms with van der Waals surface area (Å²) in [5, 5.41) is 0. The van der Waals surface area contributed by atoms with Gasteiger partial charge in [0.2, 0.25) is 0 Å². The van der Waals surface area contributed by atoms with Crippen LogP contribution in [-0.4, -0.2) is 7.04 Å². The van der Waals surface area contributed by atoms with Crippen LogP contribution in [0.15, 0.2) is 18.2 Å². The molecule has 0 aliphatic heterocycles. The van der Waals surface area contributed by atoms with Crippen molar-refractivity contribution in [3.8, 4) is 5.75 Å². The van der Waals surface area contributed by atoms with Crippen molar-refractivity contribution in [2.24, 2.45) is 0 Å². The first-order valence-electron chi connectivity index (χ1n) is 4.13. The average molecular weight is 252 g/mol. The second-order valence-corrected chi connectivity index (χ2v) is 2.84. The fraction of sp³-hybridized carbons (Fsp3) is 0.143. The first-order valence-corrected chi connectivity index (χ1v) is 3.71. The van der Waals surface area contributed by atoms with Crippen LogP contribution in [0, 0.1) is 3.57 Å². The van der Waals surface area contributed by atoms with E-state index in [-0.39, 0.29) is 0 Å². The van der Waals surface area contributed by atoms with Crippen LogP contribution >= 0.6 is 22.6 Å². The zero-order chi connectivity index (χ0) is 10.1. The van der Waals surface area contributed by atoms with Gasteiger partial charge in [0, 0.05) is 5.69 Å². The van der Waals surface area contributed by atoms with Crippen molar-refractivity contribution in [2.75, 3.05) is 12.8 Å². The molecular weight excluding hydrogens is 241 g/mol. The summed E-state index contributed by atoms with van der Waals surface area (Å²) in [5.74, 6) is 0.292. The minimum Gasteiger partial charge on any atom is -0.496 e. The van der Waals surface area contributed by atoms with E-state index < -0.39 is 7.04 Å². The average Bonchev–Trinajstić information content (AvgIpc) is 1.96. The quantitative estimate of drug-likeness (QED) is 0.611. The van der Waals surface area contributed by atoms with Gasteiger partial charge in [0.05, 0.1) is 14.7 Å². The second kappa shape index (κ2) is 3.09. The summed E-state index contributed by atoms with van der Waals surface area (Å²) in [6, 6.07) is 4.91. The highest BCUT2D eigenvalue weighted by atomic mass is 127. The van der Waals surface area contributed by atoms with E-state index in [1.54, 1.807) is 18.2 Å². The number of nitrogens with two attached hydrogens (primary N) is 1. The highest BCUT2D eigenvalue weighted by Crippen LogP contribution is 2.25. The number of hydrogen-bond donors (Lipinski definition) is 1. The van der Waals surface area contributed by atoms with Crippen LogP contribution in [0.25, 0.3) is 0 Å². The van der Waals surface area contributed by atoms with E-state index in [2.05, 4.69) is 0 Å². The standard InChI is InChI=1S/C7H8INO/c1-10-6-4-2-3-5(9)7(6)8/h2-4H,9H2,1H3/i1D3. The van der Waals surface area contributed by atoms with Gasteiger partial charge < -0.3 is 10.5 Å². The predicted molar refractivity (Wildman–Crippen MR) is 50.1 cm³/mol. The number of halogens is 1. The Hall–Kier alpha value is -0.450. The lowest BCUT2D eigenvalue weighted by molar-refractivity contribution is 0.412. The van der Waals surface area contributed by atoms with E-state index in [0.717, 1.165) is 0 Å². The highest BCUT2D eigenvalue weighted by molar-refractivity contribution is 14.1. The summed E-state index contributed by atoms with van der Waals surface area (Å²) in [5.41, 5.74) is 6.08. The van der Waals surface area contributed by atoms with Crippen molar-refractivity contribution in [3.63, 3.8) is 0 Å². The van der Waals surface area contributed by atoms with Gasteiger partial charge in [-0.05, 0) is 34.7 Å². The van der Waals surface area contributed by atoms with Crippen molar-refractivity contribution in [3.05, 3.63) is 21.8 Å². The molecule has 2 nitrogen and oxygen atoms in total. The van der Waals surface area contributed by atoms with Gasteiger partial charge in [0.25, 0.3) is 0 Å². The summed E-state index contributed by atoms with van der Waals surface area (Å²) >= 11 is 1.94. The van der Waals surface area contributed by atoms with Gasteiger partial charge in [-0.2, -0.15) is 0 Å². The molecule has 0 fully saturated rings. The predicted octanol–water partition coefficient (Wildman–Crippen LogP) is 1.88. The van der Waals surface area contributed by atoms with Gasteiger partial charge in [-0.3, -0.25) is 0 Å². The van der Waals surface area contributed by atoms with Crippen LogP contribution in [0.4, 0.5) is 5.69 Å². The van der Waals surface area contributed by atoms with Crippen LogP contribution in [-0.2, 0) is 0 Å². The Morgan fingerprint density at radius 3 is 3.20 bits per heavy atom. The summed E-state index contributed by atoms with van der Waals surface area (Å²) in [4.78, 5) is 0. The van der Waals surface area contributed by atoms with E-state index in [9.17, 15) is 0 Å². The number of anilines is 1. The second-order valence-electron chi connectivity index (χ2n) is 1.76. The molecule has 0 heterocycles. The van der Waals surface area contributed by atoms with Gasteiger partial charge in [-0.15, -0.1) is 0 Å². The molecule has 54 valence electrons. The smallest absolute Gasteiger partial charge is 0.134 e. The van der Waals surface area contributed by atoms with Crippen molar-refractivity contribution in [1.82, 2.24) is 0 Å². The first kappa shape index (κ1) is 4.43. The van der Waals surface area contributed by atoms with Crippen molar-refractivity contribution in [1.29, 1.82) is 0 Å². The molecule has 0 saturated heterocycles. The lowest BCUT2D eigenvalue weighted by Gasteiger charge is -2.03. The normalized spacial score (nSPS) is 15.1. The van der Waals surface area contributed by atoms with Gasteiger partial charge in [0.15, 0.2) is 0 Å². The van der Waals surface area contributed by atoms with Crippen molar-refractivity contribution < 1.29 is 8.85 Å². The number of hydrogen-bond acceptors (Lipinski definition) is 2. The zero-order valence-electron chi connectivity index (χ0n) is 8.10. The molecule has 0 aliphatic carbocycles. The van der Waals surface area contributed by atoms with Gasteiger partial charge in [0.1, 0.15) is 5.75 Å². The molecule has 0 spiro atoms. The number of ether oxygens (including phenoxy) is 1. The SMILES string of the molecule is [2H]C([2H])([2H])Oc1cccc(N)c1I. The Bertz CT molecular complexity index is 313. The Labute approximate surface area is 77.7 Å². The van der Waals surface area contributed by atoms with Crippen LogP contribution < -0.4 is 10.5 Å². The van der Waals surface area contributed by atoms with E-state index in [4.69, 9.17) is 14.6 Å². The number of methoxy groups -OCH3 is 1. The lowest BCUT2D eigenvalue weighted by Crippen LogP contribution is -1.92. The number of nitrogen functional groups attached to an aromatic ring is 1. The fourth-order valence-corrected chi connectivity index (χ4v) is 1.08. The molecule has 1 aromatic rings. The summed E-state index contributed by atoms with van der Waals surface area (Å²) < 4.78 is 26.1. The Kier molecular flexibility index (Phi) is 1.37. The lowest BCUT2D eigenvalue weighted by atomic mass is 10.3. The van der Waals surface area contributed by atoms with Crippen LogP contribution in [0.5, 0.6) is 5.75 Å². The van der Waals surface area contributed by atoms with Gasteiger partial charge in [-0.1, -0.05) is 6.07 Å². The maximum absolute atomic E-state index is 6.90. The molecule has 0 aromatic heterocycles. The topological polar surface area (TPSA) is 35.2 Å². The Morgan fingerprint density at radius 2 is 2.50 bits per heavy atom.